The quantitative estimate of drug-likeness (QED) is 0.839. The van der Waals surface area contributed by atoms with Crippen LogP contribution in [-0.2, 0) is 9.53 Å². The summed E-state index contributed by atoms with van der Waals surface area (Å²) in [5, 5.41) is 12.8. The molecular formula is C17H27N3O2S. The number of carbonyl (C=O) groups excluding carboxylic acids is 1. The summed E-state index contributed by atoms with van der Waals surface area (Å²) in [6, 6.07) is 0. The summed E-state index contributed by atoms with van der Waals surface area (Å²) in [6.07, 6.45) is 10.5. The van der Waals surface area contributed by atoms with Gasteiger partial charge in [0.05, 0.1) is 0 Å². The molecule has 0 unspecified atom stereocenters. The summed E-state index contributed by atoms with van der Waals surface area (Å²) in [5.74, 6) is 1.09. The molecule has 1 aromatic heterocycles. The minimum atomic E-state index is 0.0761. The number of aromatic nitrogens is 2. The molecule has 23 heavy (non-hydrogen) atoms. The van der Waals surface area contributed by atoms with Gasteiger partial charge in [-0.05, 0) is 44.4 Å². The van der Waals surface area contributed by atoms with E-state index in [9.17, 15) is 4.79 Å². The SMILES string of the molecule is CCCCC1CCC(C(=O)Nc2nnc([C@@H]3CCCO3)s2)CC1. The standard InChI is InChI=1S/C17H27N3O2S/c1-2-3-5-12-7-9-13(10-8-12)15(21)18-17-20-19-16(23-17)14-6-4-11-22-14/h12-14H,2-11H2,1H3,(H,18,20,21)/t12?,13?,14-/m0/s1. The fourth-order valence-corrected chi connectivity index (χ4v) is 4.43. The van der Waals surface area contributed by atoms with Crippen molar-refractivity contribution in [1.82, 2.24) is 10.2 Å². The molecule has 1 amide bonds. The van der Waals surface area contributed by atoms with Crippen LogP contribution in [0.1, 0.15) is 75.8 Å². The number of nitrogens with one attached hydrogen (secondary N) is 1. The van der Waals surface area contributed by atoms with Crippen LogP contribution in [0.4, 0.5) is 5.13 Å². The van der Waals surface area contributed by atoms with E-state index in [1.54, 1.807) is 0 Å². The minimum absolute atomic E-state index is 0.0761. The van der Waals surface area contributed by atoms with Crippen molar-refractivity contribution in [3.05, 3.63) is 5.01 Å². The molecule has 1 atom stereocenters. The Balaban J connectivity index is 1.46. The van der Waals surface area contributed by atoms with Crippen molar-refractivity contribution in [2.75, 3.05) is 11.9 Å². The molecule has 1 aliphatic carbocycles. The lowest BCUT2D eigenvalue weighted by molar-refractivity contribution is -0.121. The number of amides is 1. The molecular weight excluding hydrogens is 310 g/mol. The fraction of sp³-hybridized carbons (Fsp3) is 0.824. The number of ether oxygens (including phenoxy) is 1. The summed E-state index contributed by atoms with van der Waals surface area (Å²) in [7, 11) is 0. The maximum Gasteiger partial charge on any atom is 0.229 e. The van der Waals surface area contributed by atoms with Crippen molar-refractivity contribution < 1.29 is 9.53 Å². The monoisotopic (exact) mass is 337 g/mol. The molecule has 1 N–H and O–H groups in total. The van der Waals surface area contributed by atoms with E-state index in [2.05, 4.69) is 22.4 Å². The zero-order chi connectivity index (χ0) is 16.1. The maximum absolute atomic E-state index is 12.4. The highest BCUT2D eigenvalue weighted by molar-refractivity contribution is 7.15. The first kappa shape index (κ1) is 16.8. The highest BCUT2D eigenvalue weighted by Gasteiger charge is 2.27. The predicted molar refractivity (Wildman–Crippen MR) is 91.4 cm³/mol. The van der Waals surface area contributed by atoms with E-state index < -0.39 is 0 Å². The predicted octanol–water partition coefficient (Wildman–Crippen LogP) is 4.32. The normalized spacial score (nSPS) is 28.0. The molecule has 2 fully saturated rings. The molecule has 3 rings (SSSR count). The fourth-order valence-electron chi connectivity index (χ4n) is 3.60. The van der Waals surface area contributed by atoms with Crippen LogP contribution < -0.4 is 5.32 Å². The highest BCUT2D eigenvalue weighted by atomic mass is 32.1. The largest absolute Gasteiger partial charge is 0.371 e. The molecule has 0 bridgehead atoms. The average molecular weight is 337 g/mol. The van der Waals surface area contributed by atoms with Gasteiger partial charge in [-0.2, -0.15) is 0 Å². The van der Waals surface area contributed by atoms with Gasteiger partial charge in [0.2, 0.25) is 11.0 Å². The van der Waals surface area contributed by atoms with Gasteiger partial charge in [-0.1, -0.05) is 37.5 Å². The summed E-state index contributed by atoms with van der Waals surface area (Å²) in [6.45, 7) is 3.04. The van der Waals surface area contributed by atoms with Crippen molar-refractivity contribution in [2.24, 2.45) is 11.8 Å². The van der Waals surface area contributed by atoms with Crippen LogP contribution in [0.2, 0.25) is 0 Å². The molecule has 128 valence electrons. The van der Waals surface area contributed by atoms with Gasteiger partial charge in [-0.3, -0.25) is 4.79 Å². The lowest BCUT2D eigenvalue weighted by atomic mass is 9.79. The number of rotatable bonds is 6. The Morgan fingerprint density at radius 1 is 1.26 bits per heavy atom. The maximum atomic E-state index is 12.4. The smallest absolute Gasteiger partial charge is 0.229 e. The minimum Gasteiger partial charge on any atom is -0.371 e. The van der Waals surface area contributed by atoms with Gasteiger partial charge in [-0.15, -0.1) is 10.2 Å². The number of hydrogen-bond acceptors (Lipinski definition) is 5. The van der Waals surface area contributed by atoms with Crippen LogP contribution in [0.3, 0.4) is 0 Å². The number of unbranched alkanes of at least 4 members (excludes halogenated alkanes) is 1. The Labute approximate surface area is 142 Å². The first-order valence-corrected chi connectivity index (χ1v) is 9.83. The third-order valence-electron chi connectivity index (χ3n) is 5.06. The lowest BCUT2D eigenvalue weighted by Gasteiger charge is -2.27. The average Bonchev–Trinajstić information content (AvgIpc) is 3.24. The van der Waals surface area contributed by atoms with E-state index >= 15 is 0 Å². The Kier molecular flexibility index (Phi) is 6.00. The van der Waals surface area contributed by atoms with Crippen LogP contribution in [0, 0.1) is 11.8 Å². The van der Waals surface area contributed by atoms with E-state index in [4.69, 9.17) is 4.74 Å². The number of hydrogen-bond donors (Lipinski definition) is 1. The molecule has 1 aromatic rings. The number of carbonyl (C=O) groups is 1. The van der Waals surface area contributed by atoms with Gasteiger partial charge in [0, 0.05) is 12.5 Å². The summed E-state index contributed by atoms with van der Waals surface area (Å²) in [4.78, 5) is 12.4. The Bertz CT molecular complexity index is 506. The Hall–Kier alpha value is -1.01. The van der Waals surface area contributed by atoms with Gasteiger partial charge in [0.1, 0.15) is 11.1 Å². The highest BCUT2D eigenvalue weighted by Crippen LogP contribution is 2.34. The molecule has 1 aliphatic heterocycles. The van der Waals surface area contributed by atoms with Crippen molar-refractivity contribution in [1.29, 1.82) is 0 Å². The second kappa shape index (κ2) is 8.20. The molecule has 5 nitrogen and oxygen atoms in total. The molecule has 1 saturated carbocycles. The van der Waals surface area contributed by atoms with Gasteiger partial charge >= 0.3 is 0 Å². The third-order valence-corrected chi connectivity index (χ3v) is 5.99. The van der Waals surface area contributed by atoms with E-state index in [1.807, 2.05) is 0 Å². The molecule has 1 saturated heterocycles. The molecule has 0 aromatic carbocycles. The number of anilines is 1. The van der Waals surface area contributed by atoms with Crippen LogP contribution in [-0.4, -0.2) is 22.7 Å². The summed E-state index contributed by atoms with van der Waals surface area (Å²) < 4.78 is 5.61. The zero-order valence-electron chi connectivity index (χ0n) is 13.9. The van der Waals surface area contributed by atoms with Gasteiger partial charge in [0.15, 0.2) is 0 Å². The van der Waals surface area contributed by atoms with Crippen LogP contribution in [0.15, 0.2) is 0 Å². The van der Waals surface area contributed by atoms with Crippen molar-refractivity contribution >= 4 is 22.4 Å². The summed E-state index contributed by atoms with van der Waals surface area (Å²) >= 11 is 1.45. The van der Waals surface area contributed by atoms with E-state index in [1.165, 1.54) is 43.4 Å². The Morgan fingerprint density at radius 2 is 2.09 bits per heavy atom. The Morgan fingerprint density at radius 3 is 2.78 bits per heavy atom. The first-order chi connectivity index (χ1) is 11.3. The second-order valence-corrected chi connectivity index (χ2v) is 7.81. The third kappa shape index (κ3) is 4.51. The summed E-state index contributed by atoms with van der Waals surface area (Å²) in [5.41, 5.74) is 0. The van der Waals surface area contributed by atoms with Crippen molar-refractivity contribution in [2.45, 2.75) is 70.8 Å². The topological polar surface area (TPSA) is 64.1 Å². The molecule has 2 heterocycles. The van der Waals surface area contributed by atoms with Gasteiger partial charge in [-0.25, -0.2) is 0 Å². The molecule has 6 heteroatoms. The molecule has 2 aliphatic rings. The van der Waals surface area contributed by atoms with E-state index in [-0.39, 0.29) is 17.9 Å². The molecule has 0 spiro atoms. The van der Waals surface area contributed by atoms with E-state index in [0.717, 1.165) is 43.2 Å². The van der Waals surface area contributed by atoms with E-state index in [0.29, 0.717) is 5.13 Å². The van der Waals surface area contributed by atoms with Gasteiger partial charge in [0.25, 0.3) is 0 Å². The van der Waals surface area contributed by atoms with Crippen LogP contribution in [0.25, 0.3) is 0 Å². The van der Waals surface area contributed by atoms with Crippen molar-refractivity contribution in [3.63, 3.8) is 0 Å². The van der Waals surface area contributed by atoms with Crippen molar-refractivity contribution in [3.8, 4) is 0 Å². The van der Waals surface area contributed by atoms with Crippen LogP contribution in [0.5, 0.6) is 0 Å². The second-order valence-electron chi connectivity index (χ2n) is 6.80. The molecule has 0 radical (unpaired) electrons. The zero-order valence-corrected chi connectivity index (χ0v) is 14.7. The number of nitrogens with zero attached hydrogens (tertiary/aromatic N) is 2. The van der Waals surface area contributed by atoms with Crippen LogP contribution >= 0.6 is 11.3 Å². The van der Waals surface area contributed by atoms with Gasteiger partial charge < -0.3 is 10.1 Å². The first-order valence-electron chi connectivity index (χ1n) is 9.02. The lowest BCUT2D eigenvalue weighted by Crippen LogP contribution is -2.27.